The lowest BCUT2D eigenvalue weighted by atomic mass is 9.77. The van der Waals surface area contributed by atoms with Crippen molar-refractivity contribution < 1.29 is 15.1 Å². The fourth-order valence-electron chi connectivity index (χ4n) is 4.54. The summed E-state index contributed by atoms with van der Waals surface area (Å²) in [6.07, 6.45) is 3.65. The van der Waals surface area contributed by atoms with Crippen LogP contribution in [0.2, 0.25) is 0 Å². The normalized spacial score (nSPS) is 18.8. The molecule has 0 bridgehead atoms. The first kappa shape index (κ1) is 23.3. The summed E-state index contributed by atoms with van der Waals surface area (Å²) < 4.78 is 0. The molecule has 7 nitrogen and oxygen atoms in total. The second-order valence-corrected chi connectivity index (χ2v) is 9.34. The molecule has 0 fully saturated rings. The average Bonchev–Trinajstić information content (AvgIpc) is 2.97. The minimum Gasteiger partial charge on any atom is -0.508 e. The van der Waals surface area contributed by atoms with Crippen LogP contribution in [0.4, 0.5) is 17.1 Å². The maximum Gasteiger partial charge on any atom is 0.270 e. The zero-order chi connectivity index (χ0) is 24.7. The Balaban J connectivity index is 1.78. The van der Waals surface area contributed by atoms with Crippen LogP contribution in [0.25, 0.3) is 6.08 Å². The smallest absolute Gasteiger partial charge is 0.270 e. The molecule has 0 aromatic heterocycles. The van der Waals surface area contributed by atoms with Gasteiger partial charge in [-0.3, -0.25) is 10.1 Å². The molecule has 3 aromatic carbocycles. The predicted molar refractivity (Wildman–Crippen MR) is 135 cm³/mol. The number of benzene rings is 3. The fourth-order valence-corrected chi connectivity index (χ4v) is 4.54. The highest BCUT2D eigenvalue weighted by Crippen LogP contribution is 2.52. The van der Waals surface area contributed by atoms with Gasteiger partial charge in [0.1, 0.15) is 5.75 Å². The highest BCUT2D eigenvalue weighted by atomic mass is 16.6. The molecular weight excluding hydrogens is 430 g/mol. The van der Waals surface area contributed by atoms with E-state index >= 15 is 0 Å². The van der Waals surface area contributed by atoms with Crippen LogP contribution in [-0.4, -0.2) is 35.0 Å². The summed E-state index contributed by atoms with van der Waals surface area (Å²) in [6, 6.07) is 19.7. The highest BCUT2D eigenvalue weighted by Gasteiger charge is 2.54. The Morgan fingerprint density at radius 3 is 2.38 bits per heavy atom. The van der Waals surface area contributed by atoms with Crippen LogP contribution < -0.4 is 9.80 Å². The zero-order valence-electron chi connectivity index (χ0n) is 19.8. The van der Waals surface area contributed by atoms with Crippen molar-refractivity contribution in [2.45, 2.75) is 31.5 Å². The van der Waals surface area contributed by atoms with Gasteiger partial charge >= 0.3 is 0 Å². The number of nitro groups is 1. The molecule has 0 radical (unpaired) electrons. The molecule has 1 aliphatic rings. The Morgan fingerprint density at radius 1 is 1.06 bits per heavy atom. The number of para-hydroxylation sites is 1. The molecule has 176 valence electrons. The molecule has 1 atom stereocenters. The van der Waals surface area contributed by atoms with Crippen molar-refractivity contribution in [2.75, 3.05) is 23.9 Å². The first-order chi connectivity index (χ1) is 16.0. The van der Waals surface area contributed by atoms with Crippen LogP contribution in [-0.2, 0) is 12.0 Å². The summed E-state index contributed by atoms with van der Waals surface area (Å²) in [6.45, 7) is 4.03. The number of anilines is 2. The Labute approximate surface area is 199 Å². The third kappa shape index (κ3) is 3.88. The van der Waals surface area contributed by atoms with E-state index < -0.39 is 16.1 Å². The minimum atomic E-state index is -1.45. The number of non-ortho nitro benzene ring substituents is 1. The minimum absolute atomic E-state index is 0.0570. The van der Waals surface area contributed by atoms with Crippen LogP contribution in [0.5, 0.6) is 5.75 Å². The summed E-state index contributed by atoms with van der Waals surface area (Å²) >= 11 is 0. The lowest BCUT2D eigenvalue weighted by Crippen LogP contribution is -2.54. The Bertz CT molecular complexity index is 1250. The number of rotatable bonds is 6. The molecule has 34 heavy (non-hydrogen) atoms. The van der Waals surface area contributed by atoms with Crippen LogP contribution in [0.3, 0.4) is 0 Å². The van der Waals surface area contributed by atoms with E-state index in [0.29, 0.717) is 5.56 Å². The maximum absolute atomic E-state index is 12.2. The summed E-state index contributed by atoms with van der Waals surface area (Å²) in [4.78, 5) is 14.6. The van der Waals surface area contributed by atoms with Crippen molar-refractivity contribution in [2.24, 2.45) is 0 Å². The summed E-state index contributed by atoms with van der Waals surface area (Å²) in [5.41, 5.74) is 1.89. The first-order valence-electron chi connectivity index (χ1n) is 11.1. The van der Waals surface area contributed by atoms with E-state index in [1.807, 2.05) is 87.4 Å². The highest BCUT2D eigenvalue weighted by molar-refractivity contribution is 5.69. The lowest BCUT2D eigenvalue weighted by molar-refractivity contribution is -0.384. The van der Waals surface area contributed by atoms with E-state index in [4.69, 9.17) is 0 Å². The van der Waals surface area contributed by atoms with E-state index in [9.17, 15) is 20.3 Å². The quantitative estimate of drug-likeness (QED) is 0.395. The van der Waals surface area contributed by atoms with Gasteiger partial charge in [-0.1, -0.05) is 50.3 Å². The molecular formula is C27H29N3O4. The van der Waals surface area contributed by atoms with Gasteiger partial charge in [-0.05, 0) is 41.5 Å². The Hall–Kier alpha value is -3.84. The van der Waals surface area contributed by atoms with Gasteiger partial charge in [-0.15, -0.1) is 0 Å². The molecule has 1 heterocycles. The van der Waals surface area contributed by atoms with E-state index in [2.05, 4.69) is 0 Å². The molecule has 2 N–H and O–H groups in total. The third-order valence-corrected chi connectivity index (χ3v) is 6.72. The second-order valence-electron chi connectivity index (χ2n) is 9.34. The van der Waals surface area contributed by atoms with Crippen LogP contribution in [0.15, 0.2) is 72.8 Å². The number of phenols is 1. The van der Waals surface area contributed by atoms with E-state index in [-0.39, 0.29) is 18.0 Å². The van der Waals surface area contributed by atoms with Gasteiger partial charge < -0.3 is 20.0 Å². The third-order valence-electron chi connectivity index (χ3n) is 6.72. The van der Waals surface area contributed by atoms with E-state index in [1.54, 1.807) is 11.0 Å². The van der Waals surface area contributed by atoms with Gasteiger partial charge in [0, 0.05) is 55.1 Å². The van der Waals surface area contributed by atoms with Crippen molar-refractivity contribution >= 4 is 23.1 Å². The monoisotopic (exact) mass is 459 g/mol. The van der Waals surface area contributed by atoms with Crippen molar-refractivity contribution in [1.82, 2.24) is 0 Å². The first-order valence-corrected chi connectivity index (χ1v) is 11.1. The number of aromatic hydroxyl groups is 1. The molecule has 0 spiro atoms. The molecule has 0 saturated heterocycles. The number of aliphatic hydroxyl groups is 1. The lowest BCUT2D eigenvalue weighted by Gasteiger charge is -2.41. The average molecular weight is 460 g/mol. The number of phenolic OH excluding ortho intramolecular Hbond substituents is 1. The van der Waals surface area contributed by atoms with Crippen LogP contribution in [0, 0.1) is 10.1 Å². The SMILES string of the molecule is CN(C)c1ccc(/C=C/C2(O)N(Cc3cc([N+](=O)[O-])ccc3O)c3ccccc3C2(C)C)cc1. The van der Waals surface area contributed by atoms with Gasteiger partial charge in [0.05, 0.1) is 4.92 Å². The maximum atomic E-state index is 12.2. The number of hydrogen-bond donors (Lipinski definition) is 2. The molecule has 1 unspecified atom stereocenters. The molecule has 0 aliphatic carbocycles. The number of hydrogen-bond acceptors (Lipinski definition) is 6. The van der Waals surface area contributed by atoms with Gasteiger partial charge in [-0.25, -0.2) is 0 Å². The standard InChI is InChI=1S/C27H29N3O4/c1-26(2)23-7-5-6-8-24(23)29(18-20-17-22(30(33)34)13-14-25(20)31)27(26,32)16-15-19-9-11-21(12-10-19)28(3)4/h5-17,31-32H,18H2,1-4H3/b16-15+. The molecule has 0 amide bonds. The van der Waals surface area contributed by atoms with Crippen molar-refractivity contribution in [3.63, 3.8) is 0 Å². The number of fused-ring (bicyclic) bond motifs is 1. The number of nitrogens with zero attached hydrogens (tertiary/aromatic N) is 3. The van der Waals surface area contributed by atoms with Gasteiger partial charge in [-0.2, -0.15) is 0 Å². The molecule has 0 saturated carbocycles. The zero-order valence-corrected chi connectivity index (χ0v) is 19.8. The summed E-state index contributed by atoms with van der Waals surface area (Å²) in [5, 5.41) is 33.9. The van der Waals surface area contributed by atoms with Gasteiger partial charge in [0.15, 0.2) is 5.72 Å². The van der Waals surface area contributed by atoms with E-state index in [0.717, 1.165) is 22.5 Å². The Morgan fingerprint density at radius 2 is 1.74 bits per heavy atom. The topological polar surface area (TPSA) is 90.1 Å². The van der Waals surface area contributed by atoms with Gasteiger partial charge in [0.2, 0.25) is 0 Å². The van der Waals surface area contributed by atoms with Crippen molar-refractivity contribution in [1.29, 1.82) is 0 Å². The largest absolute Gasteiger partial charge is 0.508 e. The number of nitro benzene ring substituents is 1. The second kappa shape index (κ2) is 8.50. The molecule has 1 aliphatic heterocycles. The predicted octanol–water partition coefficient (Wildman–Crippen LogP) is 5.07. The fraction of sp³-hybridized carbons (Fsp3) is 0.259. The van der Waals surface area contributed by atoms with Crippen molar-refractivity contribution in [3.8, 4) is 5.75 Å². The molecule has 4 rings (SSSR count). The van der Waals surface area contributed by atoms with Crippen LogP contribution >= 0.6 is 0 Å². The summed E-state index contributed by atoms with van der Waals surface area (Å²) in [5.74, 6) is -0.0570. The van der Waals surface area contributed by atoms with Gasteiger partial charge in [0.25, 0.3) is 5.69 Å². The summed E-state index contributed by atoms with van der Waals surface area (Å²) in [7, 11) is 3.96. The molecule has 7 heteroatoms. The van der Waals surface area contributed by atoms with Crippen molar-refractivity contribution in [3.05, 3.63) is 99.6 Å². The van der Waals surface area contributed by atoms with E-state index in [1.165, 1.54) is 18.2 Å². The van der Waals surface area contributed by atoms with Crippen LogP contribution in [0.1, 0.15) is 30.5 Å². The Kier molecular flexibility index (Phi) is 5.83. The molecule has 3 aromatic rings.